The number of hydrogen-bond acceptors (Lipinski definition) is 8. The smallest absolute Gasteiger partial charge is 0.274 e. The minimum atomic E-state index is -3.00. The van der Waals surface area contributed by atoms with Gasteiger partial charge in [0.2, 0.25) is 0 Å². The molecule has 3 N–H and O–H groups in total. The predicted octanol–water partition coefficient (Wildman–Crippen LogP) is 2.25. The topological polar surface area (TPSA) is 153 Å². The Kier molecular flexibility index (Phi) is 9.22. The molecule has 0 unspecified atom stereocenters. The van der Waals surface area contributed by atoms with E-state index in [0.717, 1.165) is 12.5 Å². The first-order valence-corrected chi connectivity index (χ1v) is 12.6. The first-order valence-electron chi connectivity index (χ1n) is 12.6. The highest BCUT2D eigenvalue weighted by atomic mass is 19.3. The number of carbonyl (C=O) groups is 2. The molecule has 0 fully saturated rings. The highest BCUT2D eigenvalue weighted by Gasteiger charge is 2.24. The molecular formula is C26H29F2N9O3. The summed E-state index contributed by atoms with van der Waals surface area (Å²) in [5.74, 6) is -3.93. The van der Waals surface area contributed by atoms with E-state index >= 15 is 0 Å². The third-order valence-corrected chi connectivity index (χ3v) is 6.01. The largest absolute Gasteiger partial charge is 0.394 e. The molecule has 0 saturated heterocycles. The van der Waals surface area contributed by atoms with Crippen molar-refractivity contribution in [3.63, 3.8) is 0 Å². The molecule has 4 rings (SSSR count). The number of halogens is 2. The average Bonchev–Trinajstić information content (AvgIpc) is 3.63. The third kappa shape index (κ3) is 7.72. The van der Waals surface area contributed by atoms with Crippen molar-refractivity contribution in [1.82, 2.24) is 45.6 Å². The van der Waals surface area contributed by atoms with Gasteiger partial charge in [0.05, 0.1) is 37.3 Å². The van der Waals surface area contributed by atoms with Gasteiger partial charge in [0, 0.05) is 31.8 Å². The normalized spacial score (nSPS) is 12.2. The Bertz CT molecular complexity index is 1420. The SMILES string of the molecule is CC(F)(F)c1ccnc(CNC(=O)c2cn(CCCCn3cc(C(=O)N[C@H](CO)c4ccccc4)nn3)nn2)c1. The maximum Gasteiger partial charge on any atom is 0.274 e. The maximum atomic E-state index is 13.5. The van der Waals surface area contributed by atoms with Crippen molar-refractivity contribution in [2.45, 2.75) is 51.4 Å². The van der Waals surface area contributed by atoms with Crippen molar-refractivity contribution in [2.24, 2.45) is 0 Å². The second-order valence-corrected chi connectivity index (χ2v) is 9.17. The van der Waals surface area contributed by atoms with Crippen LogP contribution in [0, 0.1) is 0 Å². The molecule has 4 aromatic rings. The minimum Gasteiger partial charge on any atom is -0.394 e. The van der Waals surface area contributed by atoms with Crippen LogP contribution in [0.4, 0.5) is 8.78 Å². The summed E-state index contributed by atoms with van der Waals surface area (Å²) in [5, 5.41) is 30.7. The predicted molar refractivity (Wildman–Crippen MR) is 138 cm³/mol. The standard InChI is InChI=1S/C26H29F2N9O3/c1-26(27,28)19-9-10-29-20(13-19)14-30-24(39)21-15-36(34-32-21)11-5-6-12-37-16-22(33-35-37)25(40)31-23(17-38)18-7-3-2-4-8-18/h2-4,7-10,13,15-16,23,38H,5-6,11-12,14,17H2,1H3,(H,30,39)(H,31,40)/t23-/m1/s1. The Balaban J connectivity index is 1.19. The summed E-state index contributed by atoms with van der Waals surface area (Å²) in [7, 11) is 0. The lowest BCUT2D eigenvalue weighted by Gasteiger charge is -2.15. The summed E-state index contributed by atoms with van der Waals surface area (Å²) < 4.78 is 30.1. The van der Waals surface area contributed by atoms with Crippen molar-refractivity contribution in [3.8, 4) is 0 Å². The number of nitrogens with one attached hydrogen (secondary N) is 2. The summed E-state index contributed by atoms with van der Waals surface area (Å²) in [6.45, 7) is 1.52. The van der Waals surface area contributed by atoms with Crippen LogP contribution in [0.1, 0.15) is 63.6 Å². The number of hydrogen-bond donors (Lipinski definition) is 3. The fraction of sp³-hybridized carbons (Fsp3) is 0.346. The number of amides is 2. The molecule has 3 aromatic heterocycles. The number of rotatable bonds is 13. The van der Waals surface area contributed by atoms with Crippen LogP contribution in [0.15, 0.2) is 61.1 Å². The average molecular weight is 554 g/mol. The van der Waals surface area contributed by atoms with Gasteiger partial charge < -0.3 is 15.7 Å². The molecule has 210 valence electrons. The van der Waals surface area contributed by atoms with Crippen LogP contribution < -0.4 is 10.6 Å². The molecule has 1 atom stereocenters. The van der Waals surface area contributed by atoms with Crippen LogP contribution in [0.5, 0.6) is 0 Å². The molecule has 14 heteroatoms. The van der Waals surface area contributed by atoms with E-state index < -0.39 is 23.8 Å². The van der Waals surface area contributed by atoms with E-state index in [4.69, 9.17) is 0 Å². The zero-order valence-corrected chi connectivity index (χ0v) is 21.7. The summed E-state index contributed by atoms with van der Waals surface area (Å²) in [6, 6.07) is 11.1. The fourth-order valence-corrected chi connectivity index (χ4v) is 3.83. The van der Waals surface area contributed by atoms with Gasteiger partial charge >= 0.3 is 0 Å². The molecule has 0 aliphatic carbocycles. The number of benzene rings is 1. The number of nitrogens with zero attached hydrogens (tertiary/aromatic N) is 7. The van der Waals surface area contributed by atoms with E-state index in [1.54, 1.807) is 10.9 Å². The fourth-order valence-electron chi connectivity index (χ4n) is 3.83. The molecule has 2 amide bonds. The molecule has 1 aromatic carbocycles. The first-order chi connectivity index (χ1) is 19.2. The highest BCUT2D eigenvalue weighted by Crippen LogP contribution is 2.26. The van der Waals surface area contributed by atoms with Gasteiger partial charge in [0.15, 0.2) is 11.4 Å². The lowest BCUT2D eigenvalue weighted by molar-refractivity contribution is 0.0173. The number of carbonyl (C=O) groups excluding carboxylic acids is 2. The van der Waals surface area contributed by atoms with Crippen molar-refractivity contribution in [3.05, 3.63) is 89.3 Å². The lowest BCUT2D eigenvalue weighted by Crippen LogP contribution is -2.31. The molecule has 0 saturated carbocycles. The second-order valence-electron chi connectivity index (χ2n) is 9.17. The van der Waals surface area contributed by atoms with Gasteiger partial charge in [-0.3, -0.25) is 23.9 Å². The molecule has 0 bridgehead atoms. The summed E-state index contributed by atoms with van der Waals surface area (Å²) in [6.07, 6.45) is 5.70. The summed E-state index contributed by atoms with van der Waals surface area (Å²) in [5.41, 5.74) is 1.15. The molecule has 40 heavy (non-hydrogen) atoms. The van der Waals surface area contributed by atoms with Gasteiger partial charge in [0.1, 0.15) is 0 Å². The van der Waals surface area contributed by atoms with E-state index in [1.165, 1.54) is 29.2 Å². The van der Waals surface area contributed by atoms with Gasteiger partial charge in [-0.05, 0) is 30.5 Å². The van der Waals surface area contributed by atoms with Crippen LogP contribution in [0.3, 0.4) is 0 Å². The number of aliphatic hydroxyl groups is 1. The third-order valence-electron chi connectivity index (χ3n) is 6.01. The zero-order chi connectivity index (χ0) is 28.5. The van der Waals surface area contributed by atoms with Gasteiger partial charge in [-0.25, -0.2) is 8.78 Å². The van der Waals surface area contributed by atoms with Crippen molar-refractivity contribution in [2.75, 3.05) is 6.61 Å². The van der Waals surface area contributed by atoms with Crippen LogP contribution in [-0.2, 0) is 25.6 Å². The summed E-state index contributed by atoms with van der Waals surface area (Å²) >= 11 is 0. The van der Waals surface area contributed by atoms with E-state index in [-0.39, 0.29) is 30.1 Å². The van der Waals surface area contributed by atoms with Crippen LogP contribution >= 0.6 is 0 Å². The van der Waals surface area contributed by atoms with Crippen LogP contribution in [0.2, 0.25) is 0 Å². The molecular weight excluding hydrogens is 524 g/mol. The zero-order valence-electron chi connectivity index (χ0n) is 21.7. The minimum absolute atomic E-state index is 0.0273. The van der Waals surface area contributed by atoms with E-state index in [0.29, 0.717) is 31.6 Å². The van der Waals surface area contributed by atoms with E-state index in [1.807, 2.05) is 30.3 Å². The van der Waals surface area contributed by atoms with Crippen molar-refractivity contribution >= 4 is 11.8 Å². The van der Waals surface area contributed by atoms with Crippen molar-refractivity contribution < 1.29 is 23.5 Å². The number of alkyl halides is 2. The number of aliphatic hydroxyl groups excluding tert-OH is 1. The number of pyridine rings is 1. The van der Waals surface area contributed by atoms with Crippen LogP contribution in [-0.4, -0.2) is 58.5 Å². The van der Waals surface area contributed by atoms with Crippen LogP contribution in [0.25, 0.3) is 0 Å². The van der Waals surface area contributed by atoms with E-state index in [2.05, 4.69) is 36.2 Å². The first kappa shape index (κ1) is 28.4. The quantitative estimate of drug-likeness (QED) is 0.213. The van der Waals surface area contributed by atoms with Gasteiger partial charge in [-0.2, -0.15) is 0 Å². The Morgan fingerprint density at radius 1 is 0.975 bits per heavy atom. The number of aryl methyl sites for hydroxylation is 2. The highest BCUT2D eigenvalue weighted by molar-refractivity contribution is 5.92. The Hall–Kier alpha value is -4.59. The van der Waals surface area contributed by atoms with Crippen molar-refractivity contribution in [1.29, 1.82) is 0 Å². The number of aromatic nitrogens is 7. The molecule has 0 aliphatic heterocycles. The van der Waals surface area contributed by atoms with Gasteiger partial charge in [0.25, 0.3) is 17.7 Å². The molecule has 0 spiro atoms. The number of unbranched alkanes of at least 4 members (excludes halogenated alkanes) is 1. The molecule has 12 nitrogen and oxygen atoms in total. The Morgan fingerprint density at radius 3 is 2.20 bits per heavy atom. The van der Waals surface area contributed by atoms with E-state index in [9.17, 15) is 23.5 Å². The maximum absolute atomic E-state index is 13.5. The molecule has 0 radical (unpaired) electrons. The summed E-state index contributed by atoms with van der Waals surface area (Å²) in [4.78, 5) is 28.9. The Labute approximate surface area is 228 Å². The van der Waals surface area contributed by atoms with Gasteiger partial charge in [-0.15, -0.1) is 10.2 Å². The molecule has 0 aliphatic rings. The molecule has 3 heterocycles. The second kappa shape index (κ2) is 13.0. The monoisotopic (exact) mass is 553 g/mol. The Morgan fingerprint density at radius 2 is 1.60 bits per heavy atom. The lowest BCUT2D eigenvalue weighted by atomic mass is 10.1. The van der Waals surface area contributed by atoms with Gasteiger partial charge in [-0.1, -0.05) is 40.8 Å².